The van der Waals surface area contributed by atoms with Crippen molar-refractivity contribution in [2.75, 3.05) is 20.1 Å². The lowest BCUT2D eigenvalue weighted by atomic mass is 10.3. The van der Waals surface area contributed by atoms with Crippen LogP contribution in [-0.4, -0.2) is 37.4 Å². The van der Waals surface area contributed by atoms with Crippen molar-refractivity contribution < 1.29 is 8.42 Å². The molecule has 0 saturated heterocycles. The van der Waals surface area contributed by atoms with Gasteiger partial charge < -0.3 is 9.88 Å². The van der Waals surface area contributed by atoms with E-state index in [0.29, 0.717) is 11.4 Å². The van der Waals surface area contributed by atoms with Gasteiger partial charge in [0.1, 0.15) is 4.90 Å². The summed E-state index contributed by atoms with van der Waals surface area (Å²) < 4.78 is 28.7. The van der Waals surface area contributed by atoms with E-state index in [-0.39, 0.29) is 19.1 Å². The van der Waals surface area contributed by atoms with Crippen molar-refractivity contribution in [1.29, 1.82) is 0 Å². The number of nitrogens with zero attached hydrogens (tertiary/aromatic N) is 2. The van der Waals surface area contributed by atoms with Gasteiger partial charge in [0, 0.05) is 37.6 Å². The van der Waals surface area contributed by atoms with Crippen molar-refractivity contribution >= 4 is 10.0 Å². The molecule has 0 spiro atoms. The molecule has 0 bridgehead atoms. The Morgan fingerprint density at radius 1 is 1.33 bits per heavy atom. The highest BCUT2D eigenvalue weighted by Gasteiger charge is 2.25. The normalized spacial score (nSPS) is 12.0. The number of nitrogens with one attached hydrogen (secondary N) is 1. The first-order valence-corrected chi connectivity index (χ1v) is 8.39. The van der Waals surface area contributed by atoms with Gasteiger partial charge in [-0.05, 0) is 27.0 Å². The molecule has 1 rings (SSSR count). The first-order valence-electron chi connectivity index (χ1n) is 6.95. The Kier molecular flexibility index (Phi) is 6.39. The molecule has 0 aromatic carbocycles. The Morgan fingerprint density at radius 2 is 1.90 bits per heavy atom. The van der Waals surface area contributed by atoms with Gasteiger partial charge in [0.25, 0.3) is 0 Å². The molecule has 0 unspecified atom stereocenters. The lowest BCUT2D eigenvalue weighted by Crippen LogP contribution is -2.31. The third-order valence-electron chi connectivity index (χ3n) is 3.12. The van der Waals surface area contributed by atoms with Gasteiger partial charge in [-0.25, -0.2) is 8.42 Å². The van der Waals surface area contributed by atoms with Gasteiger partial charge in [-0.2, -0.15) is 4.31 Å². The van der Waals surface area contributed by atoms with E-state index in [0.717, 1.165) is 5.69 Å². The Balaban J connectivity index is 3.26. The van der Waals surface area contributed by atoms with E-state index >= 15 is 0 Å². The van der Waals surface area contributed by atoms with Crippen LogP contribution in [0.15, 0.2) is 42.5 Å². The van der Waals surface area contributed by atoms with Crippen LogP contribution < -0.4 is 5.32 Å². The van der Waals surface area contributed by atoms with Crippen molar-refractivity contribution in [2.45, 2.75) is 31.3 Å². The van der Waals surface area contributed by atoms with Gasteiger partial charge in [0.05, 0.1) is 0 Å². The molecule has 0 atom stereocenters. The molecule has 0 saturated carbocycles. The van der Waals surface area contributed by atoms with E-state index in [2.05, 4.69) is 18.5 Å². The topological polar surface area (TPSA) is 54.3 Å². The number of hydrogen-bond donors (Lipinski definition) is 1. The highest BCUT2D eigenvalue weighted by molar-refractivity contribution is 7.89. The molecule has 1 N–H and O–H groups in total. The van der Waals surface area contributed by atoms with Crippen LogP contribution in [0.3, 0.4) is 0 Å². The summed E-state index contributed by atoms with van der Waals surface area (Å²) in [4.78, 5) is 0.310. The minimum Gasteiger partial charge on any atom is -0.346 e. The summed E-state index contributed by atoms with van der Waals surface area (Å²) in [5.41, 5.74) is 0.947. The molecule has 1 aromatic heterocycles. The number of sulfonamides is 1. The summed E-state index contributed by atoms with van der Waals surface area (Å²) in [6, 6.07) is 1.93. The maximum absolute atomic E-state index is 12.7. The molecule has 0 amide bonds. The lowest BCUT2D eigenvalue weighted by molar-refractivity contribution is 0.473. The van der Waals surface area contributed by atoms with E-state index < -0.39 is 10.0 Å². The number of rotatable bonds is 9. The summed E-state index contributed by atoms with van der Waals surface area (Å²) in [6.07, 6.45) is 4.86. The summed E-state index contributed by atoms with van der Waals surface area (Å²) in [5.74, 6) is 0. The molecule has 1 aromatic rings. The van der Waals surface area contributed by atoms with Gasteiger partial charge in [-0.15, -0.1) is 13.2 Å². The quantitative estimate of drug-likeness (QED) is 0.711. The third kappa shape index (κ3) is 4.06. The monoisotopic (exact) mass is 311 g/mol. The van der Waals surface area contributed by atoms with E-state index in [1.54, 1.807) is 24.4 Å². The smallest absolute Gasteiger partial charge is 0.245 e. The second-order valence-corrected chi connectivity index (χ2v) is 7.04. The van der Waals surface area contributed by atoms with Crippen LogP contribution in [-0.2, 0) is 16.6 Å². The zero-order valence-electron chi connectivity index (χ0n) is 13.0. The van der Waals surface area contributed by atoms with Crippen molar-refractivity contribution in [3.8, 4) is 0 Å². The summed E-state index contributed by atoms with van der Waals surface area (Å²) >= 11 is 0. The van der Waals surface area contributed by atoms with Crippen molar-refractivity contribution in [2.24, 2.45) is 0 Å². The lowest BCUT2D eigenvalue weighted by Gasteiger charge is -2.18. The predicted molar refractivity (Wildman–Crippen MR) is 86.7 cm³/mol. The fraction of sp³-hybridized carbons (Fsp3) is 0.467. The Labute approximate surface area is 128 Å². The van der Waals surface area contributed by atoms with Gasteiger partial charge in [-0.3, -0.25) is 0 Å². The zero-order chi connectivity index (χ0) is 16.0. The minimum atomic E-state index is -3.54. The first-order chi connectivity index (χ1) is 9.88. The second-order valence-electron chi connectivity index (χ2n) is 5.10. The maximum Gasteiger partial charge on any atom is 0.245 e. The molecule has 1 heterocycles. The van der Waals surface area contributed by atoms with Gasteiger partial charge >= 0.3 is 0 Å². The molecular weight excluding hydrogens is 286 g/mol. The second kappa shape index (κ2) is 7.59. The average molecular weight is 311 g/mol. The Bertz CT molecular complexity index is 578. The zero-order valence-corrected chi connectivity index (χ0v) is 13.9. The Morgan fingerprint density at radius 3 is 2.33 bits per heavy atom. The van der Waals surface area contributed by atoms with Crippen LogP contribution in [0, 0.1) is 0 Å². The van der Waals surface area contributed by atoms with Crippen LogP contribution in [0.25, 0.3) is 0 Å². The first kappa shape index (κ1) is 17.7. The molecule has 21 heavy (non-hydrogen) atoms. The van der Waals surface area contributed by atoms with Gasteiger partial charge in [0.15, 0.2) is 0 Å². The SMILES string of the molecule is C=CCN(CC=C)S(=O)(=O)c1cc(CNC)n(C(C)C)c1. The van der Waals surface area contributed by atoms with E-state index in [1.807, 2.05) is 25.5 Å². The highest BCUT2D eigenvalue weighted by Crippen LogP contribution is 2.22. The number of aromatic nitrogens is 1. The van der Waals surface area contributed by atoms with Crippen molar-refractivity contribution in [1.82, 2.24) is 14.2 Å². The summed E-state index contributed by atoms with van der Waals surface area (Å²) in [6.45, 7) is 12.4. The van der Waals surface area contributed by atoms with Crippen molar-refractivity contribution in [3.05, 3.63) is 43.3 Å². The molecule has 0 aliphatic rings. The largest absolute Gasteiger partial charge is 0.346 e. The van der Waals surface area contributed by atoms with Crippen molar-refractivity contribution in [3.63, 3.8) is 0 Å². The molecular formula is C15H25N3O2S. The number of hydrogen-bond acceptors (Lipinski definition) is 3. The maximum atomic E-state index is 12.7. The van der Waals surface area contributed by atoms with Gasteiger partial charge in [-0.1, -0.05) is 12.2 Å². The van der Waals surface area contributed by atoms with Crippen LogP contribution in [0.2, 0.25) is 0 Å². The van der Waals surface area contributed by atoms with E-state index in [1.165, 1.54) is 4.31 Å². The molecule has 0 aliphatic heterocycles. The summed E-state index contributed by atoms with van der Waals surface area (Å²) in [5, 5.41) is 3.06. The predicted octanol–water partition coefficient (Wildman–Crippen LogP) is 2.15. The average Bonchev–Trinajstić information content (AvgIpc) is 2.84. The fourth-order valence-corrected chi connectivity index (χ4v) is 3.58. The molecule has 118 valence electrons. The van der Waals surface area contributed by atoms with E-state index in [4.69, 9.17) is 0 Å². The van der Waals surface area contributed by atoms with Crippen LogP contribution in [0.4, 0.5) is 0 Å². The molecule has 5 nitrogen and oxygen atoms in total. The van der Waals surface area contributed by atoms with E-state index in [9.17, 15) is 8.42 Å². The molecule has 0 radical (unpaired) electrons. The minimum absolute atomic E-state index is 0.199. The Hall–Kier alpha value is -1.37. The van der Waals surface area contributed by atoms with Crippen LogP contribution in [0.5, 0.6) is 0 Å². The fourth-order valence-electron chi connectivity index (χ4n) is 2.15. The van der Waals surface area contributed by atoms with Gasteiger partial charge in [0.2, 0.25) is 10.0 Å². The highest BCUT2D eigenvalue weighted by atomic mass is 32.2. The standard InChI is InChI=1S/C15H25N3O2S/c1-6-8-17(9-7-2)21(19,20)15-10-14(11-16-5)18(12-15)13(3)4/h6-7,10,12-13,16H,1-2,8-9,11H2,3-5H3. The molecule has 0 aliphatic carbocycles. The summed E-state index contributed by atoms with van der Waals surface area (Å²) in [7, 11) is -1.70. The molecule has 0 fully saturated rings. The molecule has 6 heteroatoms. The van der Waals surface area contributed by atoms with Crippen LogP contribution >= 0.6 is 0 Å². The van der Waals surface area contributed by atoms with Crippen LogP contribution in [0.1, 0.15) is 25.6 Å². The third-order valence-corrected chi connectivity index (χ3v) is 4.92.